The third kappa shape index (κ3) is 4.40. The van der Waals surface area contributed by atoms with E-state index in [9.17, 15) is 9.59 Å². The molecule has 1 aromatic heterocycles. The van der Waals surface area contributed by atoms with Gasteiger partial charge in [0, 0.05) is 49.5 Å². The van der Waals surface area contributed by atoms with Crippen LogP contribution in [0.25, 0.3) is 0 Å². The summed E-state index contributed by atoms with van der Waals surface area (Å²) in [6.07, 6.45) is 3.23. The lowest BCUT2D eigenvalue weighted by Crippen LogP contribution is -2.35. The number of hydrogen-bond donors (Lipinski definition) is 1. The van der Waals surface area contributed by atoms with Gasteiger partial charge in [-0.3, -0.25) is 9.59 Å². The van der Waals surface area contributed by atoms with E-state index in [1.54, 1.807) is 18.3 Å². The monoisotopic (exact) mass is 416 g/mol. The van der Waals surface area contributed by atoms with Crippen LogP contribution in [0, 0.1) is 0 Å². The average Bonchev–Trinajstić information content (AvgIpc) is 3.06. The van der Waals surface area contributed by atoms with Crippen LogP contribution in [0.3, 0.4) is 0 Å². The number of hydrogen-bond acceptors (Lipinski definition) is 4. The maximum Gasteiger partial charge on any atom is 0.259 e. The third-order valence-corrected chi connectivity index (χ3v) is 4.90. The first-order valence-corrected chi connectivity index (χ1v) is 9.35. The molecule has 2 amide bonds. The molecule has 3 rings (SSSR count). The quantitative estimate of drug-likeness (QED) is 0.785. The van der Waals surface area contributed by atoms with Crippen molar-refractivity contribution < 1.29 is 9.59 Å². The SMILES string of the molecule is CN(CCN1CCCC1=O)c1ncccc1C(=O)Nc1ccc(Br)cc1. The molecule has 1 aliphatic rings. The predicted octanol–water partition coefficient (Wildman–Crippen LogP) is 3.16. The van der Waals surface area contributed by atoms with Gasteiger partial charge in [-0.25, -0.2) is 4.98 Å². The van der Waals surface area contributed by atoms with Gasteiger partial charge in [0.2, 0.25) is 5.91 Å². The number of likely N-dealkylation sites (tertiary alicyclic amines) is 1. The van der Waals surface area contributed by atoms with Crippen molar-refractivity contribution >= 4 is 39.2 Å². The zero-order valence-electron chi connectivity index (χ0n) is 14.6. The van der Waals surface area contributed by atoms with Crippen LogP contribution < -0.4 is 10.2 Å². The summed E-state index contributed by atoms with van der Waals surface area (Å²) in [5, 5.41) is 2.89. The lowest BCUT2D eigenvalue weighted by Gasteiger charge is -2.24. The second kappa shape index (κ2) is 8.31. The predicted molar refractivity (Wildman–Crippen MR) is 105 cm³/mol. The molecule has 0 unspecified atom stereocenters. The first-order valence-electron chi connectivity index (χ1n) is 8.55. The van der Waals surface area contributed by atoms with Crippen molar-refractivity contribution in [2.24, 2.45) is 0 Å². The van der Waals surface area contributed by atoms with Gasteiger partial charge >= 0.3 is 0 Å². The first-order chi connectivity index (χ1) is 12.5. The average molecular weight is 417 g/mol. The highest BCUT2D eigenvalue weighted by Crippen LogP contribution is 2.20. The molecule has 0 bridgehead atoms. The number of rotatable bonds is 6. The fourth-order valence-electron chi connectivity index (χ4n) is 2.93. The Labute approximate surface area is 161 Å². The van der Waals surface area contributed by atoms with Gasteiger partial charge in [0.1, 0.15) is 5.82 Å². The maximum atomic E-state index is 12.7. The molecule has 0 radical (unpaired) electrons. The third-order valence-electron chi connectivity index (χ3n) is 4.37. The van der Waals surface area contributed by atoms with E-state index in [2.05, 4.69) is 26.2 Å². The smallest absolute Gasteiger partial charge is 0.259 e. The molecule has 1 fully saturated rings. The van der Waals surface area contributed by atoms with Crippen LogP contribution in [0.15, 0.2) is 47.1 Å². The molecule has 0 spiro atoms. The molecule has 1 aromatic carbocycles. The van der Waals surface area contributed by atoms with Crippen molar-refractivity contribution in [1.82, 2.24) is 9.88 Å². The van der Waals surface area contributed by atoms with E-state index in [1.807, 2.05) is 41.1 Å². The van der Waals surface area contributed by atoms with Gasteiger partial charge in [-0.1, -0.05) is 15.9 Å². The minimum atomic E-state index is -0.209. The van der Waals surface area contributed by atoms with Gasteiger partial charge in [-0.15, -0.1) is 0 Å². The zero-order chi connectivity index (χ0) is 18.5. The van der Waals surface area contributed by atoms with E-state index < -0.39 is 0 Å². The van der Waals surface area contributed by atoms with Crippen LogP contribution in [-0.4, -0.2) is 48.4 Å². The van der Waals surface area contributed by atoms with Gasteiger partial charge in [0.15, 0.2) is 0 Å². The summed E-state index contributed by atoms with van der Waals surface area (Å²) < 4.78 is 0.953. The normalized spacial score (nSPS) is 13.8. The number of nitrogens with zero attached hydrogens (tertiary/aromatic N) is 3. The molecular weight excluding hydrogens is 396 g/mol. The Morgan fingerprint density at radius 1 is 1.31 bits per heavy atom. The molecule has 26 heavy (non-hydrogen) atoms. The van der Waals surface area contributed by atoms with Crippen molar-refractivity contribution in [3.8, 4) is 0 Å². The molecular formula is C19H21BrN4O2. The molecule has 0 saturated carbocycles. The Morgan fingerprint density at radius 3 is 2.77 bits per heavy atom. The summed E-state index contributed by atoms with van der Waals surface area (Å²) in [6.45, 7) is 2.08. The van der Waals surface area contributed by atoms with Gasteiger partial charge in [-0.2, -0.15) is 0 Å². The number of pyridine rings is 1. The van der Waals surface area contributed by atoms with Crippen LogP contribution in [0.5, 0.6) is 0 Å². The summed E-state index contributed by atoms with van der Waals surface area (Å²) in [7, 11) is 1.89. The van der Waals surface area contributed by atoms with E-state index in [0.29, 0.717) is 30.9 Å². The lowest BCUT2D eigenvalue weighted by atomic mass is 10.2. The summed E-state index contributed by atoms with van der Waals surface area (Å²) in [4.78, 5) is 32.6. The molecule has 0 atom stereocenters. The van der Waals surface area contributed by atoms with Gasteiger partial charge in [0.25, 0.3) is 5.91 Å². The highest BCUT2D eigenvalue weighted by molar-refractivity contribution is 9.10. The Bertz CT molecular complexity index is 794. The van der Waals surface area contributed by atoms with Crippen LogP contribution >= 0.6 is 15.9 Å². The summed E-state index contributed by atoms with van der Waals surface area (Å²) in [6, 6.07) is 10.9. The van der Waals surface area contributed by atoms with Crippen molar-refractivity contribution in [2.45, 2.75) is 12.8 Å². The Hall–Kier alpha value is -2.41. The van der Waals surface area contributed by atoms with Crippen molar-refractivity contribution in [3.05, 3.63) is 52.6 Å². The molecule has 1 aliphatic heterocycles. The van der Waals surface area contributed by atoms with Crippen LogP contribution in [0.4, 0.5) is 11.5 Å². The first kappa shape index (κ1) is 18.4. The Kier molecular flexibility index (Phi) is 5.88. The zero-order valence-corrected chi connectivity index (χ0v) is 16.2. The fraction of sp³-hybridized carbons (Fsp3) is 0.316. The standard InChI is InChI=1S/C19H21BrN4O2/c1-23(12-13-24-11-3-5-17(24)25)18-16(4-2-10-21-18)19(26)22-15-8-6-14(20)7-9-15/h2,4,6-10H,3,5,11-13H2,1H3,(H,22,26). The van der Waals surface area contributed by atoms with E-state index in [4.69, 9.17) is 0 Å². The Morgan fingerprint density at radius 2 is 2.08 bits per heavy atom. The van der Waals surface area contributed by atoms with Gasteiger partial charge in [-0.05, 0) is 42.8 Å². The Balaban J connectivity index is 1.69. The van der Waals surface area contributed by atoms with Crippen LogP contribution in [0.1, 0.15) is 23.2 Å². The molecule has 6 nitrogen and oxygen atoms in total. The lowest BCUT2D eigenvalue weighted by molar-refractivity contribution is -0.127. The van der Waals surface area contributed by atoms with E-state index in [1.165, 1.54) is 0 Å². The number of benzene rings is 1. The van der Waals surface area contributed by atoms with Crippen LogP contribution in [0.2, 0.25) is 0 Å². The maximum absolute atomic E-state index is 12.7. The number of amides is 2. The second-order valence-corrected chi connectivity index (χ2v) is 7.16. The molecule has 2 heterocycles. The van der Waals surface area contributed by atoms with Crippen LogP contribution in [-0.2, 0) is 4.79 Å². The minimum absolute atomic E-state index is 0.202. The van der Waals surface area contributed by atoms with Gasteiger partial charge < -0.3 is 15.1 Å². The molecule has 7 heteroatoms. The second-order valence-electron chi connectivity index (χ2n) is 6.24. The summed E-state index contributed by atoms with van der Waals surface area (Å²) in [5.41, 5.74) is 1.23. The number of halogens is 1. The molecule has 1 N–H and O–H groups in total. The topological polar surface area (TPSA) is 65.5 Å². The highest BCUT2D eigenvalue weighted by Gasteiger charge is 2.21. The number of carbonyl (C=O) groups is 2. The summed E-state index contributed by atoms with van der Waals surface area (Å²) >= 11 is 3.38. The number of aromatic nitrogens is 1. The highest BCUT2D eigenvalue weighted by atomic mass is 79.9. The van der Waals surface area contributed by atoms with Crippen molar-refractivity contribution in [3.63, 3.8) is 0 Å². The number of nitrogens with one attached hydrogen (secondary N) is 1. The molecule has 136 valence electrons. The van der Waals surface area contributed by atoms with Crippen molar-refractivity contribution in [1.29, 1.82) is 0 Å². The largest absolute Gasteiger partial charge is 0.357 e. The fourth-order valence-corrected chi connectivity index (χ4v) is 3.19. The minimum Gasteiger partial charge on any atom is -0.357 e. The van der Waals surface area contributed by atoms with E-state index in [0.717, 1.165) is 23.1 Å². The number of carbonyl (C=O) groups excluding carboxylic acids is 2. The summed E-state index contributed by atoms with van der Waals surface area (Å²) in [5.74, 6) is 0.598. The van der Waals surface area contributed by atoms with E-state index >= 15 is 0 Å². The van der Waals surface area contributed by atoms with Crippen molar-refractivity contribution in [2.75, 3.05) is 36.9 Å². The van der Waals surface area contributed by atoms with E-state index in [-0.39, 0.29) is 11.8 Å². The number of likely N-dealkylation sites (N-methyl/N-ethyl adjacent to an activating group) is 1. The van der Waals surface area contributed by atoms with Gasteiger partial charge in [0.05, 0.1) is 5.56 Å². The molecule has 2 aromatic rings. The number of anilines is 2. The molecule has 0 aliphatic carbocycles. The molecule has 1 saturated heterocycles.